The molecule has 0 radical (unpaired) electrons. The van der Waals surface area contributed by atoms with E-state index in [1.807, 2.05) is 51.9 Å². The van der Waals surface area contributed by atoms with Crippen molar-refractivity contribution in [3.63, 3.8) is 0 Å². The van der Waals surface area contributed by atoms with Crippen LogP contribution in [0.4, 0.5) is 11.5 Å². The highest BCUT2D eigenvalue weighted by atomic mass is 16.5. The van der Waals surface area contributed by atoms with Gasteiger partial charge in [-0.2, -0.15) is 5.10 Å². The molecule has 0 unspecified atom stereocenters. The second kappa shape index (κ2) is 7.36. The number of hydrogen-bond donors (Lipinski definition) is 2. The van der Waals surface area contributed by atoms with Gasteiger partial charge in [0.05, 0.1) is 24.5 Å². The standard InChI is InChI=1S/C21H24N6O/c1-26(2)12-14-5-6-17(20(7-14)28-4)25-21-9-19-15(10-22-21)8-18(24-19)16-11-23-27(3)13-16/h5-11,13,24H,12H2,1-4H3,(H,22,25). The van der Waals surface area contributed by atoms with E-state index in [1.54, 1.807) is 11.8 Å². The van der Waals surface area contributed by atoms with Crippen LogP contribution in [0.25, 0.3) is 22.2 Å². The van der Waals surface area contributed by atoms with E-state index in [9.17, 15) is 0 Å². The smallest absolute Gasteiger partial charge is 0.142 e. The van der Waals surface area contributed by atoms with Crippen LogP contribution >= 0.6 is 0 Å². The van der Waals surface area contributed by atoms with E-state index in [0.29, 0.717) is 0 Å². The minimum absolute atomic E-state index is 0.755. The molecule has 4 rings (SSSR count). The molecule has 7 nitrogen and oxygen atoms in total. The minimum atomic E-state index is 0.755. The second-order valence-corrected chi connectivity index (χ2v) is 7.14. The molecule has 144 valence electrons. The number of anilines is 2. The molecule has 0 saturated heterocycles. The highest BCUT2D eigenvalue weighted by Gasteiger charge is 2.09. The molecule has 0 fully saturated rings. The first-order valence-corrected chi connectivity index (χ1v) is 9.08. The van der Waals surface area contributed by atoms with Crippen molar-refractivity contribution >= 4 is 22.4 Å². The fourth-order valence-electron chi connectivity index (χ4n) is 3.25. The van der Waals surface area contributed by atoms with Gasteiger partial charge in [0.1, 0.15) is 11.6 Å². The van der Waals surface area contributed by atoms with Crippen LogP contribution in [0.5, 0.6) is 5.75 Å². The van der Waals surface area contributed by atoms with E-state index in [0.717, 1.165) is 46.0 Å². The summed E-state index contributed by atoms with van der Waals surface area (Å²) in [6.07, 6.45) is 5.69. The summed E-state index contributed by atoms with van der Waals surface area (Å²) in [7, 11) is 7.69. The molecule has 3 aromatic heterocycles. The predicted octanol–water partition coefficient (Wildman–Crippen LogP) is 3.78. The molecule has 7 heteroatoms. The van der Waals surface area contributed by atoms with Crippen molar-refractivity contribution < 1.29 is 4.74 Å². The van der Waals surface area contributed by atoms with Crippen LogP contribution < -0.4 is 10.1 Å². The summed E-state index contributed by atoms with van der Waals surface area (Å²) in [6.45, 7) is 0.862. The van der Waals surface area contributed by atoms with Crippen LogP contribution in [0.2, 0.25) is 0 Å². The number of rotatable bonds is 6. The Hall–Kier alpha value is -3.32. The van der Waals surface area contributed by atoms with Crippen molar-refractivity contribution in [2.24, 2.45) is 7.05 Å². The summed E-state index contributed by atoms with van der Waals surface area (Å²) in [5, 5.41) is 8.65. The van der Waals surface area contributed by atoms with Gasteiger partial charge in [-0.25, -0.2) is 4.98 Å². The summed E-state index contributed by atoms with van der Waals surface area (Å²) >= 11 is 0. The Morgan fingerprint density at radius 2 is 2.04 bits per heavy atom. The number of H-pyrrole nitrogens is 1. The molecular weight excluding hydrogens is 352 g/mol. The minimum Gasteiger partial charge on any atom is -0.495 e. The maximum Gasteiger partial charge on any atom is 0.142 e. The van der Waals surface area contributed by atoms with Gasteiger partial charge in [-0.15, -0.1) is 0 Å². The van der Waals surface area contributed by atoms with Crippen molar-refractivity contribution in [1.29, 1.82) is 0 Å². The highest BCUT2D eigenvalue weighted by Crippen LogP contribution is 2.30. The normalized spacial score (nSPS) is 11.3. The van der Waals surface area contributed by atoms with Gasteiger partial charge < -0.3 is 19.9 Å². The van der Waals surface area contributed by atoms with Gasteiger partial charge in [0.2, 0.25) is 0 Å². The van der Waals surface area contributed by atoms with Crippen LogP contribution in [0.3, 0.4) is 0 Å². The van der Waals surface area contributed by atoms with Gasteiger partial charge in [-0.3, -0.25) is 4.68 Å². The number of nitrogens with zero attached hydrogens (tertiary/aromatic N) is 4. The number of aromatic amines is 1. The third-order valence-corrected chi connectivity index (χ3v) is 4.55. The zero-order valence-corrected chi connectivity index (χ0v) is 16.5. The second-order valence-electron chi connectivity index (χ2n) is 7.14. The number of fused-ring (bicyclic) bond motifs is 1. The lowest BCUT2D eigenvalue weighted by Crippen LogP contribution is -2.10. The van der Waals surface area contributed by atoms with Crippen molar-refractivity contribution in [2.45, 2.75) is 6.54 Å². The van der Waals surface area contributed by atoms with Crippen LogP contribution in [0.1, 0.15) is 5.56 Å². The summed E-state index contributed by atoms with van der Waals surface area (Å²) in [4.78, 5) is 10.1. The Labute approximate surface area is 164 Å². The number of ether oxygens (including phenoxy) is 1. The molecule has 4 aromatic rings. The lowest BCUT2D eigenvalue weighted by Gasteiger charge is -2.14. The topological polar surface area (TPSA) is 71.0 Å². The number of benzene rings is 1. The maximum absolute atomic E-state index is 5.57. The zero-order valence-electron chi connectivity index (χ0n) is 16.5. The molecule has 2 N–H and O–H groups in total. The van der Waals surface area contributed by atoms with Gasteiger partial charge in [0.25, 0.3) is 0 Å². The highest BCUT2D eigenvalue weighted by molar-refractivity contribution is 5.87. The molecular formula is C21H24N6O. The van der Waals surface area contributed by atoms with Gasteiger partial charge >= 0.3 is 0 Å². The van der Waals surface area contributed by atoms with Crippen LogP contribution in [0, 0.1) is 0 Å². The SMILES string of the molecule is COc1cc(CN(C)C)ccc1Nc1cc2[nH]c(-c3cnn(C)c3)cc2cn1. The summed E-state index contributed by atoms with van der Waals surface area (Å²) in [6, 6.07) is 10.3. The largest absolute Gasteiger partial charge is 0.495 e. The molecule has 0 spiro atoms. The molecule has 0 saturated carbocycles. The Balaban J connectivity index is 1.61. The average Bonchev–Trinajstić information content (AvgIpc) is 3.28. The lowest BCUT2D eigenvalue weighted by atomic mass is 10.1. The molecule has 0 atom stereocenters. The Morgan fingerprint density at radius 3 is 2.75 bits per heavy atom. The number of aryl methyl sites for hydroxylation is 1. The van der Waals surface area contributed by atoms with Crippen molar-refractivity contribution in [2.75, 3.05) is 26.5 Å². The van der Waals surface area contributed by atoms with Crippen molar-refractivity contribution in [1.82, 2.24) is 24.6 Å². The maximum atomic E-state index is 5.57. The number of hydrogen-bond acceptors (Lipinski definition) is 5. The quantitative estimate of drug-likeness (QED) is 0.536. The Morgan fingerprint density at radius 1 is 1.18 bits per heavy atom. The number of methoxy groups -OCH3 is 1. The monoisotopic (exact) mass is 376 g/mol. The Kier molecular flexibility index (Phi) is 4.75. The van der Waals surface area contributed by atoms with Gasteiger partial charge in [0, 0.05) is 48.7 Å². The first-order valence-electron chi connectivity index (χ1n) is 9.08. The summed E-state index contributed by atoms with van der Waals surface area (Å²) in [5.41, 5.74) is 5.16. The third-order valence-electron chi connectivity index (χ3n) is 4.55. The molecule has 0 amide bonds. The number of aromatic nitrogens is 4. The first kappa shape index (κ1) is 18.1. The Bertz CT molecular complexity index is 1110. The molecule has 3 heterocycles. The van der Waals surface area contributed by atoms with Gasteiger partial charge in [-0.1, -0.05) is 6.07 Å². The summed E-state index contributed by atoms with van der Waals surface area (Å²) in [5.74, 6) is 1.55. The summed E-state index contributed by atoms with van der Waals surface area (Å²) < 4.78 is 7.36. The lowest BCUT2D eigenvalue weighted by molar-refractivity contribution is 0.396. The molecule has 0 aliphatic rings. The van der Waals surface area contributed by atoms with Crippen molar-refractivity contribution in [3.8, 4) is 17.0 Å². The number of nitrogens with one attached hydrogen (secondary N) is 2. The molecule has 28 heavy (non-hydrogen) atoms. The number of pyridine rings is 1. The van der Waals surface area contributed by atoms with E-state index < -0.39 is 0 Å². The fourth-order valence-corrected chi connectivity index (χ4v) is 3.25. The van der Waals surface area contributed by atoms with Crippen LogP contribution in [0.15, 0.2) is 48.9 Å². The van der Waals surface area contributed by atoms with E-state index >= 15 is 0 Å². The van der Waals surface area contributed by atoms with Crippen LogP contribution in [-0.4, -0.2) is 45.9 Å². The fraction of sp³-hybridized carbons (Fsp3) is 0.238. The molecule has 1 aromatic carbocycles. The molecule has 0 aliphatic carbocycles. The third kappa shape index (κ3) is 3.70. The van der Waals surface area contributed by atoms with E-state index in [4.69, 9.17) is 4.74 Å². The van der Waals surface area contributed by atoms with E-state index in [-0.39, 0.29) is 0 Å². The first-order chi connectivity index (χ1) is 13.5. The van der Waals surface area contributed by atoms with E-state index in [1.165, 1.54) is 5.56 Å². The predicted molar refractivity (Wildman–Crippen MR) is 112 cm³/mol. The van der Waals surface area contributed by atoms with Gasteiger partial charge in [0.15, 0.2) is 0 Å². The zero-order chi connectivity index (χ0) is 19.7. The van der Waals surface area contributed by atoms with Crippen LogP contribution in [-0.2, 0) is 13.6 Å². The molecule has 0 aliphatic heterocycles. The van der Waals surface area contributed by atoms with E-state index in [2.05, 4.69) is 43.5 Å². The average molecular weight is 376 g/mol. The van der Waals surface area contributed by atoms with Gasteiger partial charge in [-0.05, 0) is 37.9 Å². The van der Waals surface area contributed by atoms with Crippen molar-refractivity contribution in [3.05, 3.63) is 54.5 Å². The molecule has 0 bridgehead atoms.